The van der Waals surface area contributed by atoms with Crippen molar-refractivity contribution in [3.63, 3.8) is 0 Å². The maximum atomic E-state index is 11.7. The van der Waals surface area contributed by atoms with Crippen LogP contribution in [0.3, 0.4) is 0 Å². The van der Waals surface area contributed by atoms with Gasteiger partial charge in [-0.2, -0.15) is 0 Å². The lowest BCUT2D eigenvalue weighted by Crippen LogP contribution is -2.35. The highest BCUT2D eigenvalue weighted by molar-refractivity contribution is 5.68. The molecule has 1 atom stereocenters. The number of ether oxygens (including phenoxy) is 1. The van der Waals surface area contributed by atoms with Crippen molar-refractivity contribution in [2.45, 2.75) is 52.7 Å². The molecule has 1 aromatic rings. The van der Waals surface area contributed by atoms with Gasteiger partial charge in [0.25, 0.3) is 0 Å². The molecular weight excluding hydrogens is 250 g/mol. The SMILES string of the molecule is CC(C)CC(NC(=O)OC(C)(C)C)c1n[nH]c(=O)o1. The van der Waals surface area contributed by atoms with Crippen molar-refractivity contribution in [2.75, 3.05) is 0 Å². The molecule has 0 aliphatic carbocycles. The van der Waals surface area contributed by atoms with Crippen molar-refractivity contribution >= 4 is 6.09 Å². The van der Waals surface area contributed by atoms with E-state index in [4.69, 9.17) is 9.15 Å². The average Bonchev–Trinajstić information content (AvgIpc) is 2.60. The number of carbonyl (C=O) groups excluding carboxylic acids is 1. The zero-order valence-electron chi connectivity index (χ0n) is 11.9. The summed E-state index contributed by atoms with van der Waals surface area (Å²) in [5.74, 6) is -0.193. The fraction of sp³-hybridized carbons (Fsp3) is 0.750. The van der Waals surface area contributed by atoms with Gasteiger partial charge in [-0.3, -0.25) is 0 Å². The molecule has 0 bridgehead atoms. The number of hydrogen-bond donors (Lipinski definition) is 2. The second-order valence-corrected chi connectivity index (χ2v) is 5.78. The highest BCUT2D eigenvalue weighted by Gasteiger charge is 2.24. The standard InChI is InChI=1S/C12H21N3O4/c1-7(2)6-8(9-14-15-11(17)18-9)13-10(16)19-12(3,4)5/h7-8H,6H2,1-5H3,(H,13,16)(H,15,17). The Balaban J connectivity index is 2.76. The van der Waals surface area contributed by atoms with Crippen molar-refractivity contribution < 1.29 is 13.9 Å². The Morgan fingerprint density at radius 2 is 2.11 bits per heavy atom. The normalized spacial score (nSPS) is 13.4. The Morgan fingerprint density at radius 3 is 2.53 bits per heavy atom. The van der Waals surface area contributed by atoms with Crippen LogP contribution in [0.4, 0.5) is 4.79 Å². The third-order valence-electron chi connectivity index (χ3n) is 2.15. The van der Waals surface area contributed by atoms with Crippen LogP contribution in [0.2, 0.25) is 0 Å². The summed E-state index contributed by atoms with van der Waals surface area (Å²) in [6, 6.07) is -0.492. The quantitative estimate of drug-likeness (QED) is 0.872. The number of amides is 1. The molecule has 0 fully saturated rings. The third-order valence-corrected chi connectivity index (χ3v) is 2.15. The maximum absolute atomic E-state index is 11.7. The molecule has 1 aromatic heterocycles. The third kappa shape index (κ3) is 5.58. The lowest BCUT2D eigenvalue weighted by molar-refractivity contribution is 0.0488. The van der Waals surface area contributed by atoms with Crippen molar-refractivity contribution in [2.24, 2.45) is 5.92 Å². The van der Waals surface area contributed by atoms with Crippen LogP contribution in [0.15, 0.2) is 9.21 Å². The number of carbonyl (C=O) groups is 1. The zero-order chi connectivity index (χ0) is 14.6. The molecule has 0 saturated carbocycles. The van der Waals surface area contributed by atoms with E-state index in [0.29, 0.717) is 12.3 Å². The first-order valence-corrected chi connectivity index (χ1v) is 6.22. The molecule has 0 aromatic carbocycles. The van der Waals surface area contributed by atoms with Crippen LogP contribution in [0.1, 0.15) is 53.0 Å². The molecule has 1 amide bonds. The van der Waals surface area contributed by atoms with Crippen molar-refractivity contribution in [1.82, 2.24) is 15.5 Å². The van der Waals surface area contributed by atoms with Gasteiger partial charge >= 0.3 is 11.8 Å². The van der Waals surface area contributed by atoms with Gasteiger partial charge in [-0.25, -0.2) is 14.7 Å². The molecule has 0 spiro atoms. The first-order valence-electron chi connectivity index (χ1n) is 6.22. The fourth-order valence-corrected chi connectivity index (χ4v) is 1.53. The lowest BCUT2D eigenvalue weighted by atomic mass is 10.0. The number of hydrogen-bond acceptors (Lipinski definition) is 5. The number of rotatable bonds is 4. The van der Waals surface area contributed by atoms with E-state index < -0.39 is 23.5 Å². The number of aromatic amines is 1. The van der Waals surface area contributed by atoms with E-state index in [-0.39, 0.29) is 5.89 Å². The van der Waals surface area contributed by atoms with E-state index >= 15 is 0 Å². The molecule has 2 N–H and O–H groups in total. The lowest BCUT2D eigenvalue weighted by Gasteiger charge is -2.22. The summed E-state index contributed by atoms with van der Waals surface area (Å²) in [7, 11) is 0. The minimum atomic E-state index is -0.644. The van der Waals surface area contributed by atoms with Gasteiger partial charge in [0.1, 0.15) is 11.6 Å². The molecule has 19 heavy (non-hydrogen) atoms. The number of H-pyrrole nitrogens is 1. The van der Waals surface area contributed by atoms with E-state index in [0.717, 1.165) is 0 Å². The Hall–Kier alpha value is -1.79. The summed E-state index contributed by atoms with van der Waals surface area (Å²) >= 11 is 0. The van der Waals surface area contributed by atoms with Crippen molar-refractivity contribution in [1.29, 1.82) is 0 Å². The Bertz CT molecular complexity index is 470. The van der Waals surface area contributed by atoms with Gasteiger partial charge < -0.3 is 14.5 Å². The number of aromatic nitrogens is 2. The predicted molar refractivity (Wildman–Crippen MR) is 68.7 cm³/mol. The van der Waals surface area contributed by atoms with E-state index in [1.165, 1.54) is 0 Å². The minimum Gasteiger partial charge on any atom is -0.444 e. The van der Waals surface area contributed by atoms with Crippen LogP contribution in [-0.4, -0.2) is 21.9 Å². The van der Waals surface area contributed by atoms with Crippen molar-refractivity contribution in [3.05, 3.63) is 16.4 Å². The highest BCUT2D eigenvalue weighted by atomic mass is 16.6. The van der Waals surface area contributed by atoms with Crippen molar-refractivity contribution in [3.8, 4) is 0 Å². The molecule has 7 nitrogen and oxygen atoms in total. The molecule has 0 saturated heterocycles. The Labute approximate surface area is 111 Å². The van der Waals surface area contributed by atoms with Crippen LogP contribution >= 0.6 is 0 Å². The van der Waals surface area contributed by atoms with Gasteiger partial charge in [-0.15, -0.1) is 5.10 Å². The average molecular weight is 271 g/mol. The second-order valence-electron chi connectivity index (χ2n) is 5.78. The van der Waals surface area contributed by atoms with E-state index in [9.17, 15) is 9.59 Å². The molecule has 0 aliphatic rings. The number of nitrogens with one attached hydrogen (secondary N) is 2. The van der Waals surface area contributed by atoms with E-state index in [1.807, 2.05) is 13.8 Å². The summed E-state index contributed by atoms with van der Waals surface area (Å²) < 4.78 is 10.1. The largest absolute Gasteiger partial charge is 0.444 e. The van der Waals surface area contributed by atoms with E-state index in [1.54, 1.807) is 20.8 Å². The van der Waals surface area contributed by atoms with Gasteiger partial charge in [-0.1, -0.05) is 13.8 Å². The molecule has 1 rings (SSSR count). The van der Waals surface area contributed by atoms with Crippen LogP contribution in [0, 0.1) is 5.92 Å². The number of nitrogens with zero attached hydrogens (tertiary/aromatic N) is 1. The molecule has 0 aliphatic heterocycles. The van der Waals surface area contributed by atoms with Crippen LogP contribution < -0.4 is 11.1 Å². The summed E-state index contributed by atoms with van der Waals surface area (Å²) in [6.07, 6.45) is 0.0244. The molecule has 7 heteroatoms. The number of alkyl carbamates (subject to hydrolysis) is 1. The van der Waals surface area contributed by atoms with Crippen LogP contribution in [0.5, 0.6) is 0 Å². The zero-order valence-corrected chi connectivity index (χ0v) is 11.9. The highest BCUT2D eigenvalue weighted by Crippen LogP contribution is 2.19. The van der Waals surface area contributed by atoms with Gasteiger partial charge in [0.2, 0.25) is 5.89 Å². The van der Waals surface area contributed by atoms with Gasteiger partial charge in [0, 0.05) is 0 Å². The summed E-state index contributed by atoms with van der Waals surface area (Å²) in [4.78, 5) is 22.7. The monoisotopic (exact) mass is 271 g/mol. The molecular formula is C12H21N3O4. The van der Waals surface area contributed by atoms with E-state index in [2.05, 4.69) is 15.5 Å². The van der Waals surface area contributed by atoms with Crippen LogP contribution in [0.25, 0.3) is 0 Å². The van der Waals surface area contributed by atoms with Crippen LogP contribution in [-0.2, 0) is 4.74 Å². The molecule has 1 unspecified atom stereocenters. The van der Waals surface area contributed by atoms with Gasteiger partial charge in [0.15, 0.2) is 0 Å². The summed E-state index contributed by atoms with van der Waals surface area (Å²) in [6.45, 7) is 9.32. The molecule has 108 valence electrons. The first-order chi connectivity index (χ1) is 8.67. The topological polar surface area (TPSA) is 97.2 Å². The second kappa shape index (κ2) is 5.90. The predicted octanol–water partition coefficient (Wildman–Crippen LogP) is 1.97. The van der Waals surface area contributed by atoms with Gasteiger partial charge in [-0.05, 0) is 33.1 Å². The first kappa shape index (κ1) is 15.3. The smallest absolute Gasteiger partial charge is 0.434 e. The minimum absolute atomic E-state index is 0.157. The Morgan fingerprint density at radius 1 is 1.47 bits per heavy atom. The van der Waals surface area contributed by atoms with Gasteiger partial charge in [0.05, 0.1) is 0 Å². The summed E-state index contributed by atoms with van der Waals surface area (Å²) in [5, 5.41) is 8.58. The fourth-order valence-electron chi connectivity index (χ4n) is 1.53. The summed E-state index contributed by atoms with van der Waals surface area (Å²) in [5.41, 5.74) is -0.584. The Kier molecular flexibility index (Phi) is 4.74. The molecule has 0 radical (unpaired) electrons. The maximum Gasteiger partial charge on any atom is 0.434 e. The molecule has 1 heterocycles.